The SMILES string of the molecule is Cc1cncc(Nc2ncncc2I)c1. The fraction of sp³-hybridized carbons (Fsp3) is 0.100. The number of aromatic nitrogens is 3. The Hall–Kier alpha value is -1.24. The summed E-state index contributed by atoms with van der Waals surface area (Å²) >= 11 is 2.19. The van der Waals surface area contributed by atoms with Gasteiger partial charge >= 0.3 is 0 Å². The van der Waals surface area contributed by atoms with Crippen molar-refractivity contribution >= 4 is 34.1 Å². The third-order valence-electron chi connectivity index (χ3n) is 1.81. The molecule has 0 spiro atoms. The molecule has 2 rings (SSSR count). The molecule has 0 radical (unpaired) electrons. The van der Waals surface area contributed by atoms with Crippen molar-refractivity contribution in [2.45, 2.75) is 6.92 Å². The van der Waals surface area contributed by atoms with E-state index in [-0.39, 0.29) is 0 Å². The van der Waals surface area contributed by atoms with Crippen molar-refractivity contribution in [3.8, 4) is 0 Å². The average Bonchev–Trinajstić information content (AvgIpc) is 2.22. The van der Waals surface area contributed by atoms with Crippen LogP contribution in [-0.4, -0.2) is 15.0 Å². The lowest BCUT2D eigenvalue weighted by Gasteiger charge is -2.06. The number of hydrogen-bond donors (Lipinski definition) is 1. The Morgan fingerprint density at radius 1 is 1.20 bits per heavy atom. The smallest absolute Gasteiger partial charge is 0.147 e. The second kappa shape index (κ2) is 4.52. The van der Waals surface area contributed by atoms with E-state index < -0.39 is 0 Å². The van der Waals surface area contributed by atoms with Gasteiger partial charge in [0.05, 0.1) is 15.5 Å². The van der Waals surface area contributed by atoms with Crippen molar-refractivity contribution < 1.29 is 0 Å². The maximum atomic E-state index is 4.15. The summed E-state index contributed by atoms with van der Waals surface area (Å²) in [6.07, 6.45) is 6.87. The van der Waals surface area contributed by atoms with Crippen molar-refractivity contribution in [1.82, 2.24) is 15.0 Å². The Balaban J connectivity index is 2.26. The number of halogens is 1. The predicted octanol–water partition coefficient (Wildman–Crippen LogP) is 2.53. The maximum absolute atomic E-state index is 4.15. The molecule has 15 heavy (non-hydrogen) atoms. The van der Waals surface area contributed by atoms with Crippen LogP contribution in [0.4, 0.5) is 11.5 Å². The van der Waals surface area contributed by atoms with Gasteiger partial charge in [0.25, 0.3) is 0 Å². The molecule has 0 atom stereocenters. The van der Waals surface area contributed by atoms with Crippen LogP contribution in [0.15, 0.2) is 31.0 Å². The van der Waals surface area contributed by atoms with Gasteiger partial charge in [0, 0.05) is 12.4 Å². The molecule has 0 aliphatic heterocycles. The summed E-state index contributed by atoms with van der Waals surface area (Å²) in [6, 6.07) is 2.02. The normalized spacial score (nSPS) is 10.0. The topological polar surface area (TPSA) is 50.7 Å². The molecule has 0 aromatic carbocycles. The highest BCUT2D eigenvalue weighted by Crippen LogP contribution is 2.18. The first-order valence-corrected chi connectivity index (χ1v) is 5.48. The summed E-state index contributed by atoms with van der Waals surface area (Å²) in [5, 5.41) is 3.19. The lowest BCUT2D eigenvalue weighted by atomic mass is 10.3. The van der Waals surface area contributed by atoms with Crippen molar-refractivity contribution in [2.24, 2.45) is 0 Å². The van der Waals surface area contributed by atoms with Crippen molar-refractivity contribution in [1.29, 1.82) is 0 Å². The summed E-state index contributed by atoms with van der Waals surface area (Å²) in [5.74, 6) is 0.804. The monoisotopic (exact) mass is 312 g/mol. The van der Waals surface area contributed by atoms with E-state index in [1.807, 2.05) is 19.2 Å². The number of pyridine rings is 1. The van der Waals surface area contributed by atoms with E-state index in [1.54, 1.807) is 12.4 Å². The van der Waals surface area contributed by atoms with E-state index in [2.05, 4.69) is 42.9 Å². The Labute approximate surface area is 101 Å². The zero-order chi connectivity index (χ0) is 10.7. The van der Waals surface area contributed by atoms with E-state index in [1.165, 1.54) is 6.33 Å². The van der Waals surface area contributed by atoms with E-state index in [0.29, 0.717) is 0 Å². The maximum Gasteiger partial charge on any atom is 0.147 e. The van der Waals surface area contributed by atoms with Crippen molar-refractivity contribution in [2.75, 3.05) is 5.32 Å². The van der Waals surface area contributed by atoms with Gasteiger partial charge in [0.15, 0.2) is 0 Å². The van der Waals surface area contributed by atoms with Crippen LogP contribution in [0.25, 0.3) is 0 Å². The Morgan fingerprint density at radius 3 is 2.80 bits per heavy atom. The largest absolute Gasteiger partial charge is 0.338 e. The lowest BCUT2D eigenvalue weighted by molar-refractivity contribution is 1.15. The van der Waals surface area contributed by atoms with Crippen LogP contribution in [0, 0.1) is 10.5 Å². The first kappa shape index (κ1) is 10.3. The van der Waals surface area contributed by atoms with Crippen LogP contribution >= 0.6 is 22.6 Å². The molecule has 0 unspecified atom stereocenters. The van der Waals surface area contributed by atoms with Gasteiger partial charge < -0.3 is 5.32 Å². The van der Waals surface area contributed by atoms with Gasteiger partial charge in [0.2, 0.25) is 0 Å². The predicted molar refractivity (Wildman–Crippen MR) is 67.0 cm³/mol. The molecule has 0 fully saturated rings. The molecule has 76 valence electrons. The molecule has 0 aliphatic rings. The van der Waals surface area contributed by atoms with Crippen LogP contribution in [-0.2, 0) is 0 Å². The van der Waals surface area contributed by atoms with Gasteiger partial charge in [-0.3, -0.25) is 4.98 Å². The first-order valence-electron chi connectivity index (χ1n) is 4.40. The second-order valence-corrected chi connectivity index (χ2v) is 4.26. The molecule has 0 saturated heterocycles. The van der Waals surface area contributed by atoms with Gasteiger partial charge in [0.1, 0.15) is 12.1 Å². The van der Waals surface area contributed by atoms with E-state index in [0.717, 1.165) is 20.6 Å². The minimum atomic E-state index is 0.804. The fourth-order valence-corrected chi connectivity index (χ4v) is 1.60. The molecule has 2 heterocycles. The van der Waals surface area contributed by atoms with Crippen LogP contribution in [0.3, 0.4) is 0 Å². The molecule has 5 heteroatoms. The molecule has 0 bridgehead atoms. The Bertz CT molecular complexity index is 472. The van der Waals surface area contributed by atoms with Crippen LogP contribution in [0.2, 0.25) is 0 Å². The number of nitrogens with zero attached hydrogens (tertiary/aromatic N) is 3. The van der Waals surface area contributed by atoms with Crippen LogP contribution < -0.4 is 5.32 Å². The summed E-state index contributed by atoms with van der Waals surface area (Å²) < 4.78 is 0.983. The van der Waals surface area contributed by atoms with Gasteiger partial charge in [-0.1, -0.05) is 0 Å². The molecule has 0 aliphatic carbocycles. The van der Waals surface area contributed by atoms with E-state index in [9.17, 15) is 0 Å². The Morgan fingerprint density at radius 2 is 2.07 bits per heavy atom. The minimum absolute atomic E-state index is 0.804. The van der Waals surface area contributed by atoms with Crippen LogP contribution in [0.1, 0.15) is 5.56 Å². The van der Waals surface area contributed by atoms with Crippen LogP contribution in [0.5, 0.6) is 0 Å². The molecule has 4 nitrogen and oxygen atoms in total. The highest BCUT2D eigenvalue weighted by Gasteiger charge is 2.01. The fourth-order valence-electron chi connectivity index (χ4n) is 1.16. The number of rotatable bonds is 2. The number of aryl methyl sites for hydroxylation is 1. The summed E-state index contributed by atoms with van der Waals surface area (Å²) in [4.78, 5) is 12.2. The lowest BCUT2D eigenvalue weighted by Crippen LogP contribution is -1.97. The summed E-state index contributed by atoms with van der Waals surface area (Å²) in [7, 11) is 0. The van der Waals surface area contributed by atoms with Gasteiger partial charge in [-0.2, -0.15) is 0 Å². The number of hydrogen-bond acceptors (Lipinski definition) is 4. The summed E-state index contributed by atoms with van der Waals surface area (Å²) in [5.41, 5.74) is 2.05. The minimum Gasteiger partial charge on any atom is -0.338 e. The molecule has 1 N–H and O–H groups in total. The third kappa shape index (κ3) is 2.62. The average molecular weight is 312 g/mol. The first-order chi connectivity index (χ1) is 7.25. The summed E-state index contributed by atoms with van der Waals surface area (Å²) in [6.45, 7) is 2.00. The van der Waals surface area contributed by atoms with Crippen molar-refractivity contribution in [3.05, 3.63) is 40.1 Å². The van der Waals surface area contributed by atoms with Gasteiger partial charge in [-0.15, -0.1) is 0 Å². The number of nitrogens with one attached hydrogen (secondary N) is 1. The van der Waals surface area contributed by atoms with E-state index >= 15 is 0 Å². The highest BCUT2D eigenvalue weighted by atomic mass is 127. The Kier molecular flexibility index (Phi) is 3.10. The number of anilines is 2. The molecular formula is C10H9IN4. The van der Waals surface area contributed by atoms with Crippen molar-refractivity contribution in [3.63, 3.8) is 0 Å². The third-order valence-corrected chi connectivity index (χ3v) is 2.59. The highest BCUT2D eigenvalue weighted by molar-refractivity contribution is 14.1. The molecule has 0 amide bonds. The molecule has 0 saturated carbocycles. The molecule has 2 aromatic rings. The molecule has 2 aromatic heterocycles. The second-order valence-electron chi connectivity index (χ2n) is 3.10. The zero-order valence-electron chi connectivity index (χ0n) is 8.11. The van der Waals surface area contributed by atoms with E-state index in [4.69, 9.17) is 0 Å². The van der Waals surface area contributed by atoms with Gasteiger partial charge in [-0.25, -0.2) is 9.97 Å². The zero-order valence-corrected chi connectivity index (χ0v) is 10.3. The standard InChI is InChI=1S/C10H9IN4/c1-7-2-8(4-12-3-7)15-10-9(11)5-13-6-14-10/h2-6H,1H3,(H,13,14,15). The quantitative estimate of drug-likeness (QED) is 0.866. The van der Waals surface area contributed by atoms with Gasteiger partial charge in [-0.05, 0) is 41.1 Å². The molecular weight excluding hydrogens is 303 g/mol.